The highest BCUT2D eigenvalue weighted by Crippen LogP contribution is 2.44. The predicted octanol–water partition coefficient (Wildman–Crippen LogP) is 4.53. The third kappa shape index (κ3) is 5.71. The quantitative estimate of drug-likeness (QED) is 0.380. The zero-order valence-electron chi connectivity index (χ0n) is 22.2. The Labute approximate surface area is 239 Å². The summed E-state index contributed by atoms with van der Waals surface area (Å²) >= 11 is 6.54. The third-order valence-electron chi connectivity index (χ3n) is 7.19. The number of rotatable bonds is 7. The first-order valence-corrected chi connectivity index (χ1v) is 13.5. The first-order chi connectivity index (χ1) is 19.5. The van der Waals surface area contributed by atoms with E-state index in [1.165, 1.54) is 24.5 Å². The number of aliphatic hydroxyl groups is 1. The molecule has 3 aliphatic rings. The molecule has 0 radical (unpaired) electrons. The van der Waals surface area contributed by atoms with E-state index in [1.54, 1.807) is 11.0 Å². The molecule has 2 fully saturated rings. The molecule has 41 heavy (non-hydrogen) atoms. The van der Waals surface area contributed by atoms with Gasteiger partial charge < -0.3 is 34.4 Å². The second-order valence-corrected chi connectivity index (χ2v) is 11.0. The van der Waals surface area contributed by atoms with Crippen LogP contribution in [0.4, 0.5) is 30.6 Å². The number of aliphatic hydroxyl groups excluding tert-OH is 1. The molecule has 6 rings (SSSR count). The van der Waals surface area contributed by atoms with Crippen molar-refractivity contribution in [1.82, 2.24) is 15.0 Å². The minimum Gasteiger partial charge on any atom is -0.488 e. The highest BCUT2D eigenvalue weighted by Gasteiger charge is 2.41. The zero-order chi connectivity index (χ0) is 28.9. The van der Waals surface area contributed by atoms with Gasteiger partial charge in [0.05, 0.1) is 47.0 Å². The number of nitrogens with zero attached hydrogens (tertiary/aromatic N) is 5. The van der Waals surface area contributed by atoms with Gasteiger partial charge in [-0.1, -0.05) is 23.7 Å². The summed E-state index contributed by atoms with van der Waals surface area (Å²) in [7, 11) is 0. The van der Waals surface area contributed by atoms with Crippen molar-refractivity contribution in [1.29, 1.82) is 0 Å². The fourth-order valence-electron chi connectivity index (χ4n) is 5.30. The van der Waals surface area contributed by atoms with Gasteiger partial charge in [-0.05, 0) is 38.5 Å². The standard InChI is InChI=1S/C27H28ClF3N6O4/c1-26(2)40-14-19(41-26)13-39-18-10-32-24(33-11-18)35-25(38)37-17-6-7-36(12-17)21-9-20(28)22(34-23(21)37)15-4-3-5-16(8-15)27(29,30)31/h3-5,8-11,17,19,25,38H,6-7,12-14H2,1-2H3,(H,32,33,35)/t17-,19+,25?/m0/s1. The van der Waals surface area contributed by atoms with Crippen LogP contribution in [0.5, 0.6) is 5.75 Å². The molecule has 2 bridgehead atoms. The third-order valence-corrected chi connectivity index (χ3v) is 7.48. The highest BCUT2D eigenvalue weighted by atomic mass is 35.5. The maximum Gasteiger partial charge on any atom is 0.416 e. The van der Waals surface area contributed by atoms with Gasteiger partial charge in [0.25, 0.3) is 0 Å². The second-order valence-electron chi connectivity index (χ2n) is 10.6. The molecule has 218 valence electrons. The van der Waals surface area contributed by atoms with Crippen molar-refractivity contribution in [3.63, 3.8) is 0 Å². The summed E-state index contributed by atoms with van der Waals surface area (Å²) in [4.78, 5) is 17.0. The average molecular weight is 593 g/mol. The molecule has 2 aromatic heterocycles. The van der Waals surface area contributed by atoms with Gasteiger partial charge in [0.2, 0.25) is 12.3 Å². The molecule has 0 spiro atoms. The van der Waals surface area contributed by atoms with Crippen LogP contribution in [-0.4, -0.2) is 70.6 Å². The monoisotopic (exact) mass is 592 g/mol. The number of aromatic nitrogens is 3. The number of anilines is 3. The van der Waals surface area contributed by atoms with E-state index in [0.717, 1.165) is 25.1 Å². The van der Waals surface area contributed by atoms with Crippen molar-refractivity contribution >= 4 is 29.1 Å². The van der Waals surface area contributed by atoms with Gasteiger partial charge in [-0.25, -0.2) is 15.0 Å². The van der Waals surface area contributed by atoms with Crippen molar-refractivity contribution in [2.24, 2.45) is 0 Å². The molecule has 10 nitrogen and oxygen atoms in total. The fraction of sp³-hybridized carbons (Fsp3) is 0.444. The molecule has 1 unspecified atom stereocenters. The van der Waals surface area contributed by atoms with Crippen molar-refractivity contribution in [2.75, 3.05) is 41.4 Å². The average Bonchev–Trinajstić information content (AvgIpc) is 3.51. The number of fused-ring (bicyclic) bond motifs is 4. The Bertz CT molecular complexity index is 1430. The number of ether oxygens (including phenoxy) is 3. The van der Waals surface area contributed by atoms with Gasteiger partial charge in [0.15, 0.2) is 17.4 Å². The van der Waals surface area contributed by atoms with Crippen molar-refractivity contribution in [3.8, 4) is 17.0 Å². The molecule has 0 saturated carbocycles. The lowest BCUT2D eigenvalue weighted by Crippen LogP contribution is -2.52. The molecule has 3 atom stereocenters. The van der Waals surface area contributed by atoms with E-state index in [9.17, 15) is 18.3 Å². The fourth-order valence-corrected chi connectivity index (χ4v) is 5.55. The van der Waals surface area contributed by atoms with Gasteiger partial charge in [-0.2, -0.15) is 13.2 Å². The summed E-state index contributed by atoms with van der Waals surface area (Å²) in [5.74, 6) is 0.333. The van der Waals surface area contributed by atoms with Crippen LogP contribution in [0.25, 0.3) is 11.3 Å². The number of nitrogens with one attached hydrogen (secondary N) is 1. The minimum atomic E-state index is -4.51. The van der Waals surface area contributed by atoms with Crippen molar-refractivity contribution in [2.45, 2.75) is 50.7 Å². The molecular weight excluding hydrogens is 565 g/mol. The normalized spacial score (nSPS) is 22.0. The highest BCUT2D eigenvalue weighted by molar-refractivity contribution is 6.33. The van der Waals surface area contributed by atoms with Crippen molar-refractivity contribution in [3.05, 3.63) is 53.3 Å². The lowest BCUT2D eigenvalue weighted by molar-refractivity contribution is -0.141. The zero-order valence-corrected chi connectivity index (χ0v) is 23.0. The molecule has 1 aromatic carbocycles. The Balaban J connectivity index is 1.21. The molecule has 2 N–H and O–H groups in total. The van der Waals surface area contributed by atoms with Gasteiger partial charge in [-0.3, -0.25) is 0 Å². The largest absolute Gasteiger partial charge is 0.488 e. The molecule has 3 aromatic rings. The maximum absolute atomic E-state index is 13.4. The van der Waals surface area contributed by atoms with E-state index >= 15 is 0 Å². The predicted molar refractivity (Wildman–Crippen MR) is 145 cm³/mol. The molecule has 2 saturated heterocycles. The molecule has 5 heterocycles. The van der Waals surface area contributed by atoms with Crippen LogP contribution in [-0.2, 0) is 15.7 Å². The minimum absolute atomic E-state index is 0.103. The first kappa shape index (κ1) is 27.8. The molecular formula is C27H28ClF3N6O4. The van der Waals surface area contributed by atoms with Gasteiger partial charge in [0.1, 0.15) is 12.7 Å². The number of hydrogen-bond donors (Lipinski definition) is 2. The second kappa shape index (κ2) is 10.5. The summed E-state index contributed by atoms with van der Waals surface area (Å²) < 4.78 is 57.1. The molecule has 14 heteroatoms. The Morgan fingerprint density at radius 3 is 2.73 bits per heavy atom. The number of alkyl halides is 3. The van der Waals surface area contributed by atoms with Crippen LogP contribution < -0.4 is 19.9 Å². The lowest BCUT2D eigenvalue weighted by atomic mass is 10.1. The lowest BCUT2D eigenvalue weighted by Gasteiger charge is -2.40. The van der Waals surface area contributed by atoms with Gasteiger partial charge in [0, 0.05) is 18.7 Å². The SMILES string of the molecule is CC1(C)OC[C@@H](COc2cnc(NC(O)N3c4nc(-c5cccc(C(F)(F)F)c5)c(Cl)cc4N4CC[C@H]3C4)nc2)O1. The maximum atomic E-state index is 13.4. The number of hydrogen-bond acceptors (Lipinski definition) is 10. The Kier molecular flexibility index (Phi) is 7.09. The Hall–Kier alpha value is -3.39. The van der Waals surface area contributed by atoms with Crippen LogP contribution in [0.15, 0.2) is 42.7 Å². The van der Waals surface area contributed by atoms with E-state index in [0.29, 0.717) is 30.4 Å². The summed E-state index contributed by atoms with van der Waals surface area (Å²) in [5.41, 5.74) is 0.297. The van der Waals surface area contributed by atoms with Crippen LogP contribution in [0.1, 0.15) is 25.8 Å². The van der Waals surface area contributed by atoms with Crippen LogP contribution >= 0.6 is 11.6 Å². The number of pyridine rings is 1. The topological polar surface area (TPSA) is 105 Å². The Morgan fingerprint density at radius 2 is 2.02 bits per heavy atom. The molecule has 0 amide bonds. The van der Waals surface area contributed by atoms with E-state index < -0.39 is 23.9 Å². The van der Waals surface area contributed by atoms with E-state index in [2.05, 4.69) is 25.2 Å². The van der Waals surface area contributed by atoms with E-state index in [4.69, 9.17) is 25.8 Å². The van der Waals surface area contributed by atoms with Crippen LogP contribution in [0.2, 0.25) is 5.02 Å². The van der Waals surface area contributed by atoms with E-state index in [-0.39, 0.29) is 41.0 Å². The number of benzene rings is 1. The number of halogens is 4. The summed E-state index contributed by atoms with van der Waals surface area (Å²) in [5, 5.41) is 14.4. The van der Waals surface area contributed by atoms with Crippen molar-refractivity contribution < 1.29 is 32.5 Å². The smallest absolute Gasteiger partial charge is 0.416 e. The Morgan fingerprint density at radius 1 is 1.24 bits per heavy atom. The van der Waals surface area contributed by atoms with Crippen LogP contribution in [0, 0.1) is 0 Å². The first-order valence-electron chi connectivity index (χ1n) is 13.1. The summed E-state index contributed by atoms with van der Waals surface area (Å²) in [6.45, 7) is 5.71. The van der Waals surface area contributed by atoms with Gasteiger partial charge >= 0.3 is 6.18 Å². The molecule has 3 aliphatic heterocycles. The summed E-state index contributed by atoms with van der Waals surface area (Å²) in [6.07, 6.45) is -2.30. The molecule has 0 aliphatic carbocycles. The summed E-state index contributed by atoms with van der Waals surface area (Å²) in [6, 6.07) is 6.43. The van der Waals surface area contributed by atoms with E-state index in [1.807, 2.05) is 13.8 Å². The van der Waals surface area contributed by atoms with Crippen LogP contribution in [0.3, 0.4) is 0 Å². The van der Waals surface area contributed by atoms with Gasteiger partial charge in [-0.15, -0.1) is 0 Å².